The second-order valence-corrected chi connectivity index (χ2v) is 8.99. The monoisotopic (exact) mass is 461 g/mol. The number of amides is 1. The van der Waals surface area contributed by atoms with Gasteiger partial charge in [0.2, 0.25) is 0 Å². The van der Waals surface area contributed by atoms with E-state index in [0.717, 1.165) is 11.1 Å². The van der Waals surface area contributed by atoms with Gasteiger partial charge in [0, 0.05) is 17.4 Å². The van der Waals surface area contributed by atoms with Crippen LogP contribution in [0, 0.1) is 5.82 Å². The number of nitrogens with zero attached hydrogens (tertiary/aromatic N) is 2. The zero-order valence-corrected chi connectivity index (χ0v) is 19.2. The van der Waals surface area contributed by atoms with E-state index in [9.17, 15) is 14.0 Å². The molecule has 0 radical (unpaired) electrons. The molecule has 4 aromatic rings. The maximum Gasteiger partial charge on any atom is 0.262 e. The Morgan fingerprint density at radius 1 is 1.03 bits per heavy atom. The van der Waals surface area contributed by atoms with Gasteiger partial charge in [0.15, 0.2) is 5.16 Å². The Morgan fingerprint density at radius 3 is 2.52 bits per heavy atom. The van der Waals surface area contributed by atoms with Gasteiger partial charge in [0.05, 0.1) is 17.4 Å². The van der Waals surface area contributed by atoms with E-state index >= 15 is 0 Å². The number of benzene rings is 3. The summed E-state index contributed by atoms with van der Waals surface area (Å²) in [6.45, 7) is 4.14. The lowest BCUT2D eigenvalue weighted by Gasteiger charge is -2.14. The van der Waals surface area contributed by atoms with E-state index in [1.54, 1.807) is 28.8 Å². The number of halogens is 1. The summed E-state index contributed by atoms with van der Waals surface area (Å²) in [5.41, 5.74) is 2.50. The number of hydrogen-bond donors (Lipinski definition) is 1. The molecule has 0 fully saturated rings. The van der Waals surface area contributed by atoms with Crippen molar-refractivity contribution in [3.05, 3.63) is 106 Å². The van der Waals surface area contributed by atoms with E-state index in [4.69, 9.17) is 4.98 Å². The summed E-state index contributed by atoms with van der Waals surface area (Å²) in [6, 6.07) is 21.0. The van der Waals surface area contributed by atoms with Crippen molar-refractivity contribution in [3.8, 4) is 0 Å². The minimum atomic E-state index is -0.304. The smallest absolute Gasteiger partial charge is 0.262 e. The molecule has 1 N–H and O–H groups in total. The van der Waals surface area contributed by atoms with E-state index in [0.29, 0.717) is 33.9 Å². The molecule has 33 heavy (non-hydrogen) atoms. The van der Waals surface area contributed by atoms with E-state index in [2.05, 4.69) is 5.32 Å². The van der Waals surface area contributed by atoms with Crippen LogP contribution in [-0.4, -0.2) is 21.5 Å². The first-order valence-corrected chi connectivity index (χ1v) is 11.7. The number of fused-ring (bicyclic) bond motifs is 1. The first-order chi connectivity index (χ1) is 15.9. The molecule has 7 heteroatoms. The van der Waals surface area contributed by atoms with Crippen LogP contribution >= 0.6 is 11.8 Å². The van der Waals surface area contributed by atoms with Gasteiger partial charge >= 0.3 is 0 Å². The van der Waals surface area contributed by atoms with Gasteiger partial charge in [-0.1, -0.05) is 54.2 Å². The molecular weight excluding hydrogens is 437 g/mol. The van der Waals surface area contributed by atoms with Crippen LogP contribution in [-0.2, 0) is 12.3 Å². The summed E-state index contributed by atoms with van der Waals surface area (Å²) < 4.78 is 15.3. The summed E-state index contributed by atoms with van der Waals surface area (Å²) >= 11 is 1.37. The number of hydrogen-bond acceptors (Lipinski definition) is 4. The highest BCUT2D eigenvalue weighted by Crippen LogP contribution is 2.24. The lowest BCUT2D eigenvalue weighted by molar-refractivity contribution is 0.0943. The predicted molar refractivity (Wildman–Crippen MR) is 130 cm³/mol. The molecule has 5 nitrogen and oxygen atoms in total. The number of thioether (sulfide) groups is 1. The van der Waals surface area contributed by atoms with Gasteiger partial charge in [-0.2, -0.15) is 0 Å². The number of nitrogens with one attached hydrogen (secondary N) is 1. The predicted octanol–water partition coefficient (Wildman–Crippen LogP) is 5.01. The highest BCUT2D eigenvalue weighted by Gasteiger charge is 2.15. The van der Waals surface area contributed by atoms with Gasteiger partial charge in [-0.3, -0.25) is 14.2 Å². The number of aromatic nitrogens is 2. The highest BCUT2D eigenvalue weighted by atomic mass is 32.2. The lowest BCUT2D eigenvalue weighted by atomic mass is 10.1. The van der Waals surface area contributed by atoms with Crippen molar-refractivity contribution in [3.63, 3.8) is 0 Å². The third-order valence-corrected chi connectivity index (χ3v) is 6.09. The fraction of sp³-hybridized carbons (Fsp3) is 0.192. The molecule has 1 aromatic heterocycles. The highest BCUT2D eigenvalue weighted by molar-refractivity contribution is 7.98. The Hall–Kier alpha value is -3.45. The zero-order valence-electron chi connectivity index (χ0n) is 18.4. The van der Waals surface area contributed by atoms with Crippen molar-refractivity contribution < 1.29 is 9.18 Å². The van der Waals surface area contributed by atoms with Crippen LogP contribution in [0.4, 0.5) is 4.39 Å². The first-order valence-electron chi connectivity index (χ1n) is 10.7. The molecule has 0 saturated heterocycles. The van der Waals surface area contributed by atoms with E-state index < -0.39 is 0 Å². The molecule has 1 heterocycles. The zero-order chi connectivity index (χ0) is 23.4. The molecule has 0 atom stereocenters. The molecule has 3 aromatic carbocycles. The maximum absolute atomic E-state index is 13.6. The van der Waals surface area contributed by atoms with Gasteiger partial charge in [-0.25, -0.2) is 9.37 Å². The third kappa shape index (κ3) is 5.49. The van der Waals surface area contributed by atoms with Gasteiger partial charge in [0.25, 0.3) is 11.5 Å². The fourth-order valence-electron chi connectivity index (χ4n) is 3.48. The van der Waals surface area contributed by atoms with E-state index in [1.165, 1.54) is 23.9 Å². The molecule has 0 bridgehead atoms. The van der Waals surface area contributed by atoms with E-state index in [-0.39, 0.29) is 23.3 Å². The largest absolute Gasteiger partial charge is 0.350 e. The first kappa shape index (κ1) is 22.7. The van der Waals surface area contributed by atoms with Gasteiger partial charge < -0.3 is 5.32 Å². The van der Waals surface area contributed by atoms with Gasteiger partial charge in [-0.05, 0) is 55.3 Å². The summed E-state index contributed by atoms with van der Waals surface area (Å²) in [5.74, 6) is -0.0592. The Bertz CT molecular complexity index is 1350. The van der Waals surface area contributed by atoms with Crippen LogP contribution in [0.5, 0.6) is 0 Å². The minimum Gasteiger partial charge on any atom is -0.350 e. The summed E-state index contributed by atoms with van der Waals surface area (Å²) in [6.07, 6.45) is 0. The van der Waals surface area contributed by atoms with Crippen LogP contribution in [0.1, 0.15) is 35.3 Å². The molecule has 0 spiro atoms. The fourth-order valence-corrected chi connectivity index (χ4v) is 4.42. The number of rotatable bonds is 7. The average Bonchev–Trinajstić information content (AvgIpc) is 2.80. The topological polar surface area (TPSA) is 64.0 Å². The Morgan fingerprint density at radius 2 is 1.79 bits per heavy atom. The van der Waals surface area contributed by atoms with Crippen LogP contribution < -0.4 is 10.9 Å². The molecule has 4 rings (SSSR count). The average molecular weight is 462 g/mol. The molecule has 0 aliphatic rings. The van der Waals surface area contributed by atoms with Gasteiger partial charge in [-0.15, -0.1) is 0 Å². The summed E-state index contributed by atoms with van der Waals surface area (Å²) in [7, 11) is 0. The SMILES string of the molecule is CC(C)NC(=O)c1ccc2c(=O)n(Cc3ccccc3)c(SCc3cccc(F)c3)nc2c1. The van der Waals surface area contributed by atoms with Crippen LogP contribution in [0.3, 0.4) is 0 Å². The molecular formula is C26H24FN3O2S. The molecule has 1 amide bonds. The number of carbonyl (C=O) groups is 1. The second-order valence-electron chi connectivity index (χ2n) is 8.05. The van der Waals surface area contributed by atoms with Crippen molar-refractivity contribution >= 4 is 28.6 Å². The standard InChI is InChI=1S/C26H24FN3O2S/c1-17(2)28-24(31)20-11-12-22-23(14-20)29-26(33-16-19-9-6-10-21(27)13-19)30(25(22)32)15-18-7-4-3-5-8-18/h3-14,17H,15-16H2,1-2H3,(H,28,31). The van der Waals surface area contributed by atoms with Crippen molar-refractivity contribution in [1.29, 1.82) is 0 Å². The van der Waals surface area contributed by atoms with E-state index in [1.807, 2.05) is 50.2 Å². The van der Waals surface area contributed by atoms with Crippen molar-refractivity contribution in [1.82, 2.24) is 14.9 Å². The Labute approximate surface area is 195 Å². The van der Waals surface area contributed by atoms with Crippen LogP contribution in [0.2, 0.25) is 0 Å². The molecule has 0 unspecified atom stereocenters. The summed E-state index contributed by atoms with van der Waals surface area (Å²) in [5, 5.41) is 3.82. The number of carbonyl (C=O) groups excluding carboxylic acids is 1. The van der Waals surface area contributed by atoms with Crippen LogP contribution in [0.25, 0.3) is 10.9 Å². The molecule has 0 aliphatic carbocycles. The summed E-state index contributed by atoms with van der Waals surface area (Å²) in [4.78, 5) is 30.6. The quantitative estimate of drug-likeness (QED) is 0.310. The molecule has 168 valence electrons. The molecule has 0 saturated carbocycles. The van der Waals surface area contributed by atoms with Gasteiger partial charge in [0.1, 0.15) is 5.82 Å². The molecule has 0 aliphatic heterocycles. The third-order valence-electron chi connectivity index (χ3n) is 5.04. The second kappa shape index (κ2) is 10.0. The minimum absolute atomic E-state index is 0.00239. The van der Waals surface area contributed by atoms with Crippen LogP contribution in [0.15, 0.2) is 82.7 Å². The van der Waals surface area contributed by atoms with Crippen molar-refractivity contribution in [2.75, 3.05) is 0 Å². The Kier molecular flexibility index (Phi) is 6.89. The normalized spacial score (nSPS) is 11.2. The lowest BCUT2D eigenvalue weighted by Crippen LogP contribution is -2.30. The maximum atomic E-state index is 13.6. The van der Waals surface area contributed by atoms with Crippen molar-refractivity contribution in [2.24, 2.45) is 0 Å². The van der Waals surface area contributed by atoms with Crippen molar-refractivity contribution in [2.45, 2.75) is 37.3 Å². The Balaban J connectivity index is 1.76.